The Morgan fingerprint density at radius 2 is 2.12 bits per heavy atom. The van der Waals surface area contributed by atoms with Crippen LogP contribution in [0.25, 0.3) is 0 Å². The Kier molecular flexibility index (Phi) is 3.99. The third-order valence-electron chi connectivity index (χ3n) is 3.63. The fourth-order valence-electron chi connectivity index (χ4n) is 2.65. The maximum atomic E-state index is 12.2. The lowest BCUT2D eigenvalue weighted by Gasteiger charge is -2.33. The fourth-order valence-corrected chi connectivity index (χ4v) is 2.65. The van der Waals surface area contributed by atoms with Gasteiger partial charge in [0.15, 0.2) is 0 Å². The molecule has 0 aliphatic carbocycles. The van der Waals surface area contributed by atoms with E-state index in [1.54, 1.807) is 0 Å². The second-order valence-corrected chi connectivity index (χ2v) is 4.80. The zero-order chi connectivity index (χ0) is 12.3. The molecular weight excluding hydrogens is 220 g/mol. The van der Waals surface area contributed by atoms with Gasteiger partial charge in [0.2, 0.25) is 5.91 Å². The average Bonchev–Trinajstić information content (AvgIpc) is 2.91. The quantitative estimate of drug-likeness (QED) is 0.698. The van der Waals surface area contributed by atoms with Gasteiger partial charge in [-0.2, -0.15) is 0 Å². The van der Waals surface area contributed by atoms with Gasteiger partial charge in [0.25, 0.3) is 0 Å². The topological polar surface area (TPSA) is 58.6 Å². The summed E-state index contributed by atoms with van der Waals surface area (Å²) in [5.41, 5.74) is 0. The van der Waals surface area contributed by atoms with Crippen molar-refractivity contribution in [3.05, 3.63) is 0 Å². The van der Waals surface area contributed by atoms with E-state index in [2.05, 4.69) is 5.32 Å². The summed E-state index contributed by atoms with van der Waals surface area (Å²) in [6.07, 6.45) is 3.69. The standard InChI is InChI=1S/C12H20N2O3/c1-17-12(16)9-4-3-7-14(8-9)11(15)10-5-2-6-13-10/h9-10,13H,2-8H2,1H3. The summed E-state index contributed by atoms with van der Waals surface area (Å²) in [6.45, 7) is 2.21. The van der Waals surface area contributed by atoms with Gasteiger partial charge in [0, 0.05) is 13.1 Å². The minimum Gasteiger partial charge on any atom is -0.469 e. The molecule has 17 heavy (non-hydrogen) atoms. The summed E-state index contributed by atoms with van der Waals surface area (Å²) in [5, 5.41) is 3.20. The molecule has 2 fully saturated rings. The number of rotatable bonds is 2. The zero-order valence-corrected chi connectivity index (χ0v) is 10.3. The van der Waals surface area contributed by atoms with Crippen molar-refractivity contribution in [3.8, 4) is 0 Å². The van der Waals surface area contributed by atoms with Crippen LogP contribution >= 0.6 is 0 Å². The van der Waals surface area contributed by atoms with Crippen LogP contribution in [0.1, 0.15) is 25.7 Å². The maximum absolute atomic E-state index is 12.2. The highest BCUT2D eigenvalue weighted by Gasteiger charge is 2.33. The first-order valence-corrected chi connectivity index (χ1v) is 6.32. The molecule has 0 spiro atoms. The van der Waals surface area contributed by atoms with E-state index in [9.17, 15) is 9.59 Å². The van der Waals surface area contributed by atoms with Gasteiger partial charge >= 0.3 is 5.97 Å². The normalized spacial score (nSPS) is 29.1. The Balaban J connectivity index is 1.92. The van der Waals surface area contributed by atoms with E-state index in [0.717, 1.165) is 38.8 Å². The highest BCUT2D eigenvalue weighted by molar-refractivity contribution is 5.83. The molecule has 2 saturated heterocycles. The van der Waals surface area contributed by atoms with Crippen molar-refractivity contribution in [1.82, 2.24) is 10.2 Å². The molecule has 0 aromatic heterocycles. The SMILES string of the molecule is COC(=O)C1CCCN(C(=O)C2CCCN2)C1. The minimum atomic E-state index is -0.193. The smallest absolute Gasteiger partial charge is 0.310 e. The van der Waals surface area contributed by atoms with E-state index in [-0.39, 0.29) is 23.8 Å². The van der Waals surface area contributed by atoms with Gasteiger partial charge in [-0.1, -0.05) is 0 Å². The molecule has 2 rings (SSSR count). The molecule has 2 atom stereocenters. The Labute approximate surface area is 101 Å². The molecule has 2 heterocycles. The van der Waals surface area contributed by atoms with Crippen LogP contribution in [0.5, 0.6) is 0 Å². The summed E-state index contributed by atoms with van der Waals surface area (Å²) in [6, 6.07) is -0.0357. The molecule has 0 saturated carbocycles. The van der Waals surface area contributed by atoms with Crippen LogP contribution in [0.2, 0.25) is 0 Å². The van der Waals surface area contributed by atoms with Gasteiger partial charge in [-0.15, -0.1) is 0 Å². The number of likely N-dealkylation sites (tertiary alicyclic amines) is 1. The van der Waals surface area contributed by atoms with E-state index < -0.39 is 0 Å². The predicted octanol–water partition coefficient (Wildman–Crippen LogP) is 0.150. The molecule has 2 unspecified atom stereocenters. The van der Waals surface area contributed by atoms with E-state index >= 15 is 0 Å². The van der Waals surface area contributed by atoms with Gasteiger partial charge < -0.3 is 15.0 Å². The zero-order valence-electron chi connectivity index (χ0n) is 10.3. The van der Waals surface area contributed by atoms with Gasteiger partial charge in [-0.25, -0.2) is 0 Å². The summed E-state index contributed by atoms with van der Waals surface area (Å²) in [5.74, 6) is -0.183. The number of methoxy groups -OCH3 is 1. The first-order chi connectivity index (χ1) is 8.22. The van der Waals surface area contributed by atoms with Crippen molar-refractivity contribution >= 4 is 11.9 Å². The molecular formula is C12H20N2O3. The van der Waals surface area contributed by atoms with Crippen LogP contribution in [0.4, 0.5) is 0 Å². The van der Waals surface area contributed by atoms with Crippen molar-refractivity contribution in [2.75, 3.05) is 26.7 Å². The minimum absolute atomic E-state index is 0.0357. The molecule has 0 aromatic rings. The summed E-state index contributed by atoms with van der Waals surface area (Å²) < 4.78 is 4.75. The molecule has 0 aromatic carbocycles. The molecule has 2 aliphatic heterocycles. The first kappa shape index (κ1) is 12.4. The highest BCUT2D eigenvalue weighted by Crippen LogP contribution is 2.19. The number of carbonyl (C=O) groups excluding carboxylic acids is 2. The van der Waals surface area contributed by atoms with E-state index in [1.807, 2.05) is 4.90 Å². The molecule has 1 amide bonds. The Morgan fingerprint density at radius 3 is 2.76 bits per heavy atom. The van der Waals surface area contributed by atoms with Gasteiger partial charge in [-0.05, 0) is 32.2 Å². The predicted molar refractivity (Wildman–Crippen MR) is 62.3 cm³/mol. The van der Waals surface area contributed by atoms with Gasteiger partial charge in [0.1, 0.15) is 0 Å². The maximum Gasteiger partial charge on any atom is 0.310 e. The van der Waals surface area contributed by atoms with Crippen molar-refractivity contribution in [2.45, 2.75) is 31.7 Å². The van der Waals surface area contributed by atoms with Crippen LogP contribution < -0.4 is 5.32 Å². The number of amides is 1. The second kappa shape index (κ2) is 5.49. The molecule has 0 bridgehead atoms. The molecule has 2 aliphatic rings. The number of esters is 1. The molecule has 5 nitrogen and oxygen atoms in total. The Hall–Kier alpha value is -1.10. The van der Waals surface area contributed by atoms with Gasteiger partial charge in [-0.3, -0.25) is 9.59 Å². The first-order valence-electron chi connectivity index (χ1n) is 6.32. The lowest BCUT2D eigenvalue weighted by molar-refractivity contribution is -0.149. The summed E-state index contributed by atoms with van der Waals surface area (Å²) in [4.78, 5) is 25.5. The number of hydrogen-bond acceptors (Lipinski definition) is 4. The monoisotopic (exact) mass is 240 g/mol. The van der Waals surface area contributed by atoms with Crippen molar-refractivity contribution in [3.63, 3.8) is 0 Å². The Morgan fingerprint density at radius 1 is 1.29 bits per heavy atom. The fraction of sp³-hybridized carbons (Fsp3) is 0.833. The number of piperidine rings is 1. The Bertz CT molecular complexity index is 300. The number of nitrogens with zero attached hydrogens (tertiary/aromatic N) is 1. The number of nitrogens with one attached hydrogen (secondary N) is 1. The third kappa shape index (κ3) is 2.77. The second-order valence-electron chi connectivity index (χ2n) is 4.80. The summed E-state index contributed by atoms with van der Waals surface area (Å²) >= 11 is 0. The molecule has 5 heteroatoms. The molecule has 96 valence electrons. The van der Waals surface area contributed by atoms with E-state index in [4.69, 9.17) is 4.74 Å². The van der Waals surface area contributed by atoms with Crippen LogP contribution in [-0.2, 0) is 14.3 Å². The largest absolute Gasteiger partial charge is 0.469 e. The molecule has 1 N–H and O–H groups in total. The number of ether oxygens (including phenoxy) is 1. The lowest BCUT2D eigenvalue weighted by Crippen LogP contribution is -2.49. The van der Waals surface area contributed by atoms with E-state index in [0.29, 0.717) is 6.54 Å². The highest BCUT2D eigenvalue weighted by atomic mass is 16.5. The summed E-state index contributed by atoms with van der Waals surface area (Å²) in [7, 11) is 1.40. The van der Waals surface area contributed by atoms with Crippen molar-refractivity contribution in [2.24, 2.45) is 5.92 Å². The van der Waals surface area contributed by atoms with E-state index in [1.165, 1.54) is 7.11 Å². The third-order valence-corrected chi connectivity index (χ3v) is 3.63. The van der Waals surface area contributed by atoms with Crippen LogP contribution in [-0.4, -0.2) is 49.6 Å². The van der Waals surface area contributed by atoms with Crippen LogP contribution in [0.3, 0.4) is 0 Å². The number of carbonyl (C=O) groups is 2. The average molecular weight is 240 g/mol. The lowest BCUT2D eigenvalue weighted by atomic mass is 9.97. The molecule has 0 radical (unpaired) electrons. The number of hydrogen-bond donors (Lipinski definition) is 1. The van der Waals surface area contributed by atoms with Crippen LogP contribution in [0, 0.1) is 5.92 Å². The van der Waals surface area contributed by atoms with Crippen LogP contribution in [0.15, 0.2) is 0 Å². The van der Waals surface area contributed by atoms with Gasteiger partial charge in [0.05, 0.1) is 19.1 Å². The van der Waals surface area contributed by atoms with Crippen molar-refractivity contribution < 1.29 is 14.3 Å². The van der Waals surface area contributed by atoms with Crippen molar-refractivity contribution in [1.29, 1.82) is 0 Å².